The topological polar surface area (TPSA) is 91.4 Å². The number of amides is 3. The number of rotatable bonds is 3. The van der Waals surface area contributed by atoms with Crippen molar-refractivity contribution in [1.82, 2.24) is 15.2 Å². The molecule has 1 fully saturated rings. The number of carbonyl (C=O) groups excluding carboxylic acids is 3. The average Bonchev–Trinajstić information content (AvgIpc) is 2.98. The zero-order valence-electron chi connectivity index (χ0n) is 14.3. The summed E-state index contributed by atoms with van der Waals surface area (Å²) >= 11 is 0. The maximum absolute atomic E-state index is 12.7. The van der Waals surface area contributed by atoms with E-state index in [1.807, 2.05) is 31.3 Å². The lowest BCUT2D eigenvalue weighted by Crippen LogP contribution is -2.52. The van der Waals surface area contributed by atoms with Crippen LogP contribution in [0.25, 0.3) is 11.3 Å². The summed E-state index contributed by atoms with van der Waals surface area (Å²) in [7, 11) is 1.83. The van der Waals surface area contributed by atoms with Crippen molar-refractivity contribution in [3.63, 3.8) is 0 Å². The normalized spacial score (nSPS) is 19.3. The average molecular weight is 350 g/mol. The first-order valence-electron chi connectivity index (χ1n) is 8.48. The molecule has 26 heavy (non-hydrogen) atoms. The van der Waals surface area contributed by atoms with E-state index in [0.29, 0.717) is 18.5 Å². The monoisotopic (exact) mass is 350 g/mol. The van der Waals surface area contributed by atoms with Crippen LogP contribution in [0.4, 0.5) is 5.69 Å². The van der Waals surface area contributed by atoms with Crippen molar-refractivity contribution in [2.24, 2.45) is 0 Å². The third-order valence-electron chi connectivity index (χ3n) is 4.87. The van der Waals surface area contributed by atoms with Crippen LogP contribution < -0.4 is 10.6 Å². The highest BCUT2D eigenvalue weighted by molar-refractivity contribution is 6.05. The Morgan fingerprint density at radius 3 is 2.73 bits per heavy atom. The minimum Gasteiger partial charge on any atom is -0.387 e. The summed E-state index contributed by atoms with van der Waals surface area (Å²) in [4.78, 5) is 42.1. The second kappa shape index (κ2) is 6.25. The summed E-state index contributed by atoms with van der Waals surface area (Å²) < 4.78 is 0. The largest absolute Gasteiger partial charge is 0.387 e. The number of anilines is 1. The van der Waals surface area contributed by atoms with Crippen LogP contribution in [0.15, 0.2) is 36.5 Å². The van der Waals surface area contributed by atoms with Gasteiger partial charge in [0.15, 0.2) is 0 Å². The maximum Gasteiger partial charge on any atom is 0.255 e. The minimum atomic E-state index is -0.593. The number of hydrogen-bond acceptors (Lipinski definition) is 5. The molecule has 0 bridgehead atoms. The molecule has 2 aliphatic heterocycles. The fourth-order valence-electron chi connectivity index (χ4n) is 3.45. The van der Waals surface area contributed by atoms with Crippen molar-refractivity contribution in [3.8, 4) is 11.3 Å². The van der Waals surface area contributed by atoms with E-state index in [1.165, 1.54) is 0 Å². The lowest BCUT2D eigenvalue weighted by atomic mass is 10.0. The van der Waals surface area contributed by atoms with E-state index < -0.39 is 11.9 Å². The van der Waals surface area contributed by atoms with Gasteiger partial charge in [-0.25, -0.2) is 0 Å². The summed E-state index contributed by atoms with van der Waals surface area (Å²) in [5.74, 6) is -0.847. The van der Waals surface area contributed by atoms with E-state index in [4.69, 9.17) is 0 Å². The van der Waals surface area contributed by atoms with Crippen molar-refractivity contribution in [2.75, 3.05) is 12.4 Å². The molecule has 2 aliphatic rings. The first-order valence-corrected chi connectivity index (χ1v) is 8.48. The smallest absolute Gasteiger partial charge is 0.255 e. The van der Waals surface area contributed by atoms with Gasteiger partial charge in [-0.1, -0.05) is 6.07 Å². The molecular formula is C19H18N4O3. The van der Waals surface area contributed by atoms with Crippen LogP contribution in [-0.4, -0.2) is 40.7 Å². The van der Waals surface area contributed by atoms with Crippen molar-refractivity contribution in [2.45, 2.75) is 25.4 Å². The predicted octanol–water partition coefficient (Wildman–Crippen LogP) is 1.55. The summed E-state index contributed by atoms with van der Waals surface area (Å²) in [6.07, 6.45) is 2.37. The number of fused-ring (bicyclic) bond motifs is 1. The van der Waals surface area contributed by atoms with Gasteiger partial charge in [-0.15, -0.1) is 0 Å². The van der Waals surface area contributed by atoms with Crippen LogP contribution in [0.2, 0.25) is 0 Å². The van der Waals surface area contributed by atoms with E-state index >= 15 is 0 Å². The van der Waals surface area contributed by atoms with Crippen LogP contribution in [0.5, 0.6) is 0 Å². The van der Waals surface area contributed by atoms with Gasteiger partial charge in [0, 0.05) is 31.1 Å². The standard InChI is InChI=1S/C19H18N4O3/c1-20-13-3-5-15(21-9-13)11-2-4-14-12(8-11)10-23(19(14)26)16-6-7-17(24)22-18(16)25/h2-5,8-9,16,20H,6-7,10H2,1H3,(H,22,24,25). The van der Waals surface area contributed by atoms with E-state index in [9.17, 15) is 14.4 Å². The zero-order chi connectivity index (χ0) is 18.3. The lowest BCUT2D eigenvalue weighted by molar-refractivity contribution is -0.136. The number of nitrogens with one attached hydrogen (secondary N) is 2. The van der Waals surface area contributed by atoms with Gasteiger partial charge in [0.25, 0.3) is 5.91 Å². The number of benzene rings is 1. The SMILES string of the molecule is CNc1ccc(-c2ccc3c(c2)CN(C2CCC(=O)NC2=O)C3=O)nc1. The fourth-order valence-corrected chi connectivity index (χ4v) is 3.45. The van der Waals surface area contributed by atoms with Gasteiger partial charge >= 0.3 is 0 Å². The lowest BCUT2D eigenvalue weighted by Gasteiger charge is -2.29. The summed E-state index contributed by atoms with van der Waals surface area (Å²) in [5, 5.41) is 5.34. The number of imide groups is 1. The third kappa shape index (κ3) is 2.71. The number of hydrogen-bond donors (Lipinski definition) is 2. The fraction of sp³-hybridized carbons (Fsp3) is 0.263. The Kier molecular flexibility index (Phi) is 3.91. The van der Waals surface area contributed by atoms with Crippen molar-refractivity contribution in [1.29, 1.82) is 0 Å². The first-order chi connectivity index (χ1) is 12.6. The van der Waals surface area contributed by atoms with Gasteiger partial charge in [0.05, 0.1) is 17.6 Å². The summed E-state index contributed by atoms with van der Waals surface area (Å²) in [5.41, 5.74) is 4.14. The Balaban J connectivity index is 1.60. The van der Waals surface area contributed by atoms with Crippen LogP contribution in [-0.2, 0) is 16.1 Å². The molecule has 3 amide bonds. The highest BCUT2D eigenvalue weighted by atomic mass is 16.2. The maximum atomic E-state index is 12.7. The van der Waals surface area contributed by atoms with E-state index in [2.05, 4.69) is 15.6 Å². The van der Waals surface area contributed by atoms with Gasteiger partial charge in [0.1, 0.15) is 6.04 Å². The van der Waals surface area contributed by atoms with E-state index in [0.717, 1.165) is 22.5 Å². The minimum absolute atomic E-state index is 0.167. The third-order valence-corrected chi connectivity index (χ3v) is 4.87. The number of nitrogens with zero attached hydrogens (tertiary/aromatic N) is 2. The van der Waals surface area contributed by atoms with Crippen molar-refractivity contribution >= 4 is 23.4 Å². The number of aromatic nitrogens is 1. The van der Waals surface area contributed by atoms with Crippen LogP contribution in [0.3, 0.4) is 0 Å². The molecule has 0 radical (unpaired) electrons. The number of carbonyl (C=O) groups is 3. The van der Waals surface area contributed by atoms with Crippen LogP contribution in [0.1, 0.15) is 28.8 Å². The van der Waals surface area contributed by atoms with E-state index in [1.54, 1.807) is 17.2 Å². The quantitative estimate of drug-likeness (QED) is 0.820. The first kappa shape index (κ1) is 16.3. The highest BCUT2D eigenvalue weighted by Crippen LogP contribution is 2.30. The van der Waals surface area contributed by atoms with Crippen molar-refractivity contribution < 1.29 is 14.4 Å². The highest BCUT2D eigenvalue weighted by Gasteiger charge is 2.39. The van der Waals surface area contributed by atoms with Crippen LogP contribution in [0, 0.1) is 0 Å². The van der Waals surface area contributed by atoms with Gasteiger partial charge in [0.2, 0.25) is 11.8 Å². The van der Waals surface area contributed by atoms with Gasteiger partial charge in [-0.3, -0.25) is 24.7 Å². The Hall–Kier alpha value is -3.22. The second-order valence-corrected chi connectivity index (χ2v) is 6.45. The number of piperidine rings is 1. The summed E-state index contributed by atoms with van der Waals surface area (Å²) in [6, 6.07) is 8.86. The molecule has 2 N–H and O–H groups in total. The molecule has 0 aliphatic carbocycles. The molecule has 0 saturated carbocycles. The molecule has 4 rings (SSSR count). The Bertz CT molecular complexity index is 908. The molecule has 0 spiro atoms. The molecule has 7 heteroatoms. The Labute approximate surface area is 150 Å². The van der Waals surface area contributed by atoms with Crippen molar-refractivity contribution in [3.05, 3.63) is 47.7 Å². The molecular weight excluding hydrogens is 332 g/mol. The van der Waals surface area contributed by atoms with E-state index in [-0.39, 0.29) is 18.2 Å². The zero-order valence-corrected chi connectivity index (χ0v) is 14.3. The Morgan fingerprint density at radius 2 is 2.04 bits per heavy atom. The van der Waals surface area contributed by atoms with Gasteiger partial charge < -0.3 is 10.2 Å². The molecule has 132 valence electrons. The predicted molar refractivity (Wildman–Crippen MR) is 95.3 cm³/mol. The summed E-state index contributed by atoms with van der Waals surface area (Å²) in [6.45, 7) is 0.364. The molecule has 3 heterocycles. The van der Waals surface area contributed by atoms with Crippen LogP contribution >= 0.6 is 0 Å². The molecule has 1 aromatic carbocycles. The molecule has 1 aromatic heterocycles. The molecule has 1 saturated heterocycles. The Morgan fingerprint density at radius 1 is 1.19 bits per heavy atom. The molecule has 1 unspecified atom stereocenters. The molecule has 1 atom stereocenters. The molecule has 2 aromatic rings. The molecule has 7 nitrogen and oxygen atoms in total. The number of pyridine rings is 1. The van der Waals surface area contributed by atoms with Gasteiger partial charge in [-0.05, 0) is 36.2 Å². The second-order valence-electron chi connectivity index (χ2n) is 6.45. The van der Waals surface area contributed by atoms with Gasteiger partial charge in [-0.2, -0.15) is 0 Å².